The van der Waals surface area contributed by atoms with Crippen LogP contribution < -0.4 is 0 Å². The van der Waals surface area contributed by atoms with Crippen LogP contribution in [0.5, 0.6) is 5.75 Å². The number of phenols is 1. The number of aromatic hydroxyl groups is 1. The van der Waals surface area contributed by atoms with E-state index in [1.165, 1.54) is 0 Å². The monoisotopic (exact) mass is 244 g/mol. The number of hydrogen-bond donors (Lipinski definition) is 2. The fraction of sp³-hybridized carbons (Fsp3) is 0. The maximum Gasteiger partial charge on any atom is 0.284 e. The lowest BCUT2D eigenvalue weighted by molar-refractivity contribution is 0.478. The molecule has 0 bridgehead atoms. The minimum Gasteiger partial charge on any atom is -0.506 e. The third-order valence-electron chi connectivity index (χ3n) is 2.57. The van der Waals surface area contributed by atoms with Gasteiger partial charge in [0.05, 0.1) is 5.56 Å². The summed E-state index contributed by atoms with van der Waals surface area (Å²) in [7, 11) is 0. The molecular weight excluding hydrogens is 236 g/mol. The first-order chi connectivity index (χ1) is 8.25. The first-order valence-corrected chi connectivity index (χ1v) is 5.43. The summed E-state index contributed by atoms with van der Waals surface area (Å²) in [4.78, 5) is 0.188. The van der Waals surface area contributed by atoms with E-state index in [1.54, 1.807) is 6.07 Å². The van der Waals surface area contributed by atoms with E-state index in [2.05, 4.69) is 10.2 Å². The molecule has 0 spiro atoms. The third-order valence-corrected chi connectivity index (χ3v) is 2.74. The van der Waals surface area contributed by atoms with Gasteiger partial charge in [-0.1, -0.05) is 30.3 Å². The Bertz CT molecular complexity index is 745. The number of hydrogen-bond acceptors (Lipinski definition) is 4. The van der Waals surface area contributed by atoms with E-state index in [9.17, 15) is 5.11 Å². The van der Waals surface area contributed by atoms with Gasteiger partial charge in [-0.15, -0.1) is 5.10 Å². The molecule has 0 saturated heterocycles. The van der Waals surface area contributed by atoms with Crippen molar-refractivity contribution in [2.75, 3.05) is 0 Å². The molecule has 2 N–H and O–H groups in total. The maximum absolute atomic E-state index is 10.2. The highest BCUT2D eigenvalue weighted by Gasteiger charge is 2.12. The minimum atomic E-state index is 0.147. The van der Waals surface area contributed by atoms with E-state index in [-0.39, 0.29) is 10.6 Å². The fourth-order valence-corrected chi connectivity index (χ4v) is 1.90. The van der Waals surface area contributed by atoms with E-state index >= 15 is 0 Å². The Morgan fingerprint density at radius 3 is 2.76 bits per heavy atom. The Kier molecular flexibility index (Phi) is 2.19. The SMILES string of the molecule is Oc1c(-c2n[nH]c(=S)o2)ccc2ccccc12. The van der Waals surface area contributed by atoms with Gasteiger partial charge in [-0.3, -0.25) is 0 Å². The molecule has 0 aliphatic carbocycles. The van der Waals surface area contributed by atoms with Gasteiger partial charge in [-0.05, 0) is 23.7 Å². The highest BCUT2D eigenvalue weighted by molar-refractivity contribution is 7.71. The predicted octanol–water partition coefficient (Wildman–Crippen LogP) is 3.26. The molecule has 0 radical (unpaired) electrons. The summed E-state index contributed by atoms with van der Waals surface area (Å²) in [5.74, 6) is 0.437. The molecule has 1 heterocycles. The number of H-pyrrole nitrogens is 1. The van der Waals surface area contributed by atoms with Crippen molar-refractivity contribution in [3.63, 3.8) is 0 Å². The maximum atomic E-state index is 10.2. The molecule has 5 heteroatoms. The molecule has 2 aromatic carbocycles. The van der Waals surface area contributed by atoms with Crippen molar-refractivity contribution < 1.29 is 9.52 Å². The normalized spacial score (nSPS) is 10.8. The average Bonchev–Trinajstić information content (AvgIpc) is 2.77. The number of nitrogens with zero attached hydrogens (tertiary/aromatic N) is 1. The largest absolute Gasteiger partial charge is 0.506 e. The Morgan fingerprint density at radius 1 is 1.18 bits per heavy atom. The summed E-state index contributed by atoms with van der Waals surface area (Å²) >= 11 is 4.81. The molecule has 84 valence electrons. The van der Waals surface area contributed by atoms with Crippen molar-refractivity contribution in [1.82, 2.24) is 10.2 Å². The van der Waals surface area contributed by atoms with Crippen molar-refractivity contribution in [2.45, 2.75) is 0 Å². The zero-order valence-corrected chi connectivity index (χ0v) is 9.49. The first kappa shape index (κ1) is 10.0. The Hall–Kier alpha value is -2.14. The third kappa shape index (κ3) is 1.60. The van der Waals surface area contributed by atoms with Crippen LogP contribution in [0.15, 0.2) is 40.8 Å². The van der Waals surface area contributed by atoms with Gasteiger partial charge in [0, 0.05) is 5.39 Å². The van der Waals surface area contributed by atoms with Crippen molar-refractivity contribution in [1.29, 1.82) is 0 Å². The van der Waals surface area contributed by atoms with E-state index < -0.39 is 0 Å². The van der Waals surface area contributed by atoms with Crippen LogP contribution in [0.4, 0.5) is 0 Å². The number of benzene rings is 2. The van der Waals surface area contributed by atoms with Crippen LogP contribution in [0, 0.1) is 4.84 Å². The lowest BCUT2D eigenvalue weighted by Crippen LogP contribution is -1.81. The molecule has 4 nitrogen and oxygen atoms in total. The summed E-state index contributed by atoms with van der Waals surface area (Å²) in [6.07, 6.45) is 0. The predicted molar refractivity (Wildman–Crippen MR) is 66.3 cm³/mol. The van der Waals surface area contributed by atoms with E-state index in [1.807, 2.05) is 30.3 Å². The summed E-state index contributed by atoms with van der Waals surface area (Å²) in [5.41, 5.74) is 0.524. The molecule has 0 saturated carbocycles. The van der Waals surface area contributed by atoms with Crippen LogP contribution in [-0.2, 0) is 0 Å². The molecule has 3 aromatic rings. The molecule has 0 atom stereocenters. The molecule has 17 heavy (non-hydrogen) atoms. The van der Waals surface area contributed by atoms with Crippen LogP contribution >= 0.6 is 12.2 Å². The standard InChI is InChI=1S/C12H8N2O2S/c15-10-8-4-2-1-3-7(8)5-6-9(10)11-13-14-12(17)16-11/h1-6,15H,(H,14,17). The van der Waals surface area contributed by atoms with Crippen molar-refractivity contribution in [2.24, 2.45) is 0 Å². The van der Waals surface area contributed by atoms with Crippen molar-refractivity contribution >= 4 is 23.0 Å². The molecule has 0 amide bonds. The van der Waals surface area contributed by atoms with Crippen LogP contribution in [0.25, 0.3) is 22.2 Å². The van der Waals surface area contributed by atoms with Gasteiger partial charge in [-0.25, -0.2) is 5.10 Å². The number of aromatic amines is 1. The summed E-state index contributed by atoms with van der Waals surface area (Å²) in [6, 6.07) is 11.2. The lowest BCUT2D eigenvalue weighted by atomic mass is 10.1. The molecule has 0 fully saturated rings. The Morgan fingerprint density at radius 2 is 2.00 bits per heavy atom. The smallest absolute Gasteiger partial charge is 0.284 e. The highest BCUT2D eigenvalue weighted by atomic mass is 32.1. The van der Waals surface area contributed by atoms with Crippen molar-refractivity contribution in [3.8, 4) is 17.2 Å². The zero-order chi connectivity index (χ0) is 11.8. The van der Waals surface area contributed by atoms with Gasteiger partial charge in [0.25, 0.3) is 4.84 Å². The summed E-state index contributed by atoms with van der Waals surface area (Å²) in [5, 5.41) is 18.3. The van der Waals surface area contributed by atoms with Gasteiger partial charge in [0.1, 0.15) is 5.75 Å². The number of rotatable bonds is 1. The van der Waals surface area contributed by atoms with Crippen molar-refractivity contribution in [3.05, 3.63) is 41.2 Å². The topological polar surface area (TPSA) is 62.1 Å². The molecule has 0 unspecified atom stereocenters. The second-order valence-electron chi connectivity index (χ2n) is 3.60. The van der Waals surface area contributed by atoms with Gasteiger partial charge < -0.3 is 9.52 Å². The summed E-state index contributed by atoms with van der Waals surface area (Å²) in [6.45, 7) is 0. The van der Waals surface area contributed by atoms with E-state index in [0.717, 1.165) is 10.8 Å². The van der Waals surface area contributed by atoms with Crippen LogP contribution in [-0.4, -0.2) is 15.3 Å². The van der Waals surface area contributed by atoms with Gasteiger partial charge >= 0.3 is 0 Å². The minimum absolute atomic E-state index is 0.147. The van der Waals surface area contributed by atoms with Crippen LogP contribution in [0.2, 0.25) is 0 Å². The second-order valence-corrected chi connectivity index (χ2v) is 3.97. The number of aromatic nitrogens is 2. The Labute approximate surface area is 102 Å². The quantitative estimate of drug-likeness (QED) is 0.645. The fourth-order valence-electron chi connectivity index (χ4n) is 1.77. The van der Waals surface area contributed by atoms with Gasteiger partial charge in [0.15, 0.2) is 0 Å². The zero-order valence-electron chi connectivity index (χ0n) is 8.68. The van der Waals surface area contributed by atoms with Gasteiger partial charge in [0.2, 0.25) is 5.89 Å². The number of fused-ring (bicyclic) bond motifs is 1. The number of phenolic OH excluding ortho intramolecular Hbond substituents is 1. The molecule has 0 aliphatic rings. The van der Waals surface area contributed by atoms with E-state index in [0.29, 0.717) is 11.5 Å². The second kappa shape index (κ2) is 3.71. The van der Waals surface area contributed by atoms with Gasteiger partial charge in [-0.2, -0.15) is 0 Å². The average molecular weight is 244 g/mol. The molecule has 1 aromatic heterocycles. The molecular formula is C12H8N2O2S. The van der Waals surface area contributed by atoms with E-state index in [4.69, 9.17) is 16.6 Å². The Balaban J connectivity index is 2.31. The van der Waals surface area contributed by atoms with Crippen LogP contribution in [0.3, 0.4) is 0 Å². The van der Waals surface area contributed by atoms with Crippen LogP contribution in [0.1, 0.15) is 0 Å². The highest BCUT2D eigenvalue weighted by Crippen LogP contribution is 2.34. The summed E-state index contributed by atoms with van der Waals surface area (Å²) < 4.78 is 5.19. The molecule has 3 rings (SSSR count). The number of nitrogens with one attached hydrogen (secondary N) is 1. The first-order valence-electron chi connectivity index (χ1n) is 5.02. The lowest BCUT2D eigenvalue weighted by Gasteiger charge is -2.04. The molecule has 0 aliphatic heterocycles.